The van der Waals surface area contributed by atoms with Gasteiger partial charge in [-0.1, -0.05) is 13.8 Å². The van der Waals surface area contributed by atoms with E-state index in [1.54, 1.807) is 0 Å². The highest BCUT2D eigenvalue weighted by Gasteiger charge is 2.32. The largest absolute Gasteiger partial charge is 0.353 e. The third kappa shape index (κ3) is 9.44. The molecule has 0 fully saturated rings. The number of halogens is 6. The molecular weight excluding hydrogens is 648 g/mol. The van der Waals surface area contributed by atoms with E-state index in [0.717, 1.165) is 0 Å². The molecule has 0 aliphatic carbocycles. The van der Waals surface area contributed by atoms with Gasteiger partial charge in [-0.25, -0.2) is 0 Å². The van der Waals surface area contributed by atoms with Crippen LogP contribution in [-0.4, -0.2) is 29.2 Å². The Hall–Kier alpha value is 1.82. The maximum Gasteiger partial charge on any atom is 0.258 e. The topological polar surface area (TPSA) is 58.2 Å². The van der Waals surface area contributed by atoms with E-state index in [0.29, 0.717) is 13.1 Å². The number of carbonyl (C=O) groups excluding carboxylic acids is 2. The third-order valence-corrected chi connectivity index (χ3v) is 4.13. The van der Waals surface area contributed by atoms with Crippen LogP contribution in [0.25, 0.3) is 0 Å². The lowest BCUT2D eigenvalue weighted by atomic mass is 9.93. The molecule has 0 aromatic heterocycles. The first-order valence-corrected chi connectivity index (χ1v) is 9.71. The highest BCUT2D eigenvalue weighted by atomic mass is 80.0. The van der Waals surface area contributed by atoms with E-state index in [1.165, 1.54) is 0 Å². The molecule has 0 unspecified atom stereocenters. The number of hydrogen-bond donors (Lipinski definition) is 2. The van der Waals surface area contributed by atoms with E-state index in [2.05, 4.69) is 106 Å². The van der Waals surface area contributed by atoms with E-state index in [-0.39, 0.29) is 17.2 Å². The zero-order chi connectivity index (χ0) is 15.5. The smallest absolute Gasteiger partial charge is 0.258 e. The van der Waals surface area contributed by atoms with E-state index >= 15 is 0 Å². The van der Waals surface area contributed by atoms with Gasteiger partial charge in [0.1, 0.15) is 0 Å². The number of carbonyl (C=O) groups is 2. The van der Waals surface area contributed by atoms with Crippen molar-refractivity contribution >= 4 is 107 Å². The number of alkyl halides is 6. The van der Waals surface area contributed by atoms with Crippen LogP contribution in [0.1, 0.15) is 13.8 Å². The minimum absolute atomic E-state index is 0.247. The predicted octanol–water partition coefficient (Wildman–Crippen LogP) is 3.92. The van der Waals surface area contributed by atoms with Crippen molar-refractivity contribution in [1.29, 1.82) is 0 Å². The van der Waals surface area contributed by atoms with E-state index in [4.69, 9.17) is 0 Å². The van der Waals surface area contributed by atoms with Crippen molar-refractivity contribution in [3.8, 4) is 0 Å². The van der Waals surface area contributed by atoms with Crippen LogP contribution in [-0.2, 0) is 9.59 Å². The summed E-state index contributed by atoms with van der Waals surface area (Å²) < 4.78 is -1.94. The van der Waals surface area contributed by atoms with Gasteiger partial charge in [0, 0.05) is 13.1 Å². The number of hydrogen-bond acceptors (Lipinski definition) is 2. The van der Waals surface area contributed by atoms with Crippen molar-refractivity contribution in [1.82, 2.24) is 10.6 Å². The standard InChI is InChI=1S/C9H12Br6N2O2/c1-7(2,3-16-5(18)8(10,11)12)4-17-6(19)9(13,14)15/h3-4H2,1-2H3,(H,16,18)(H,17,19). The van der Waals surface area contributed by atoms with Crippen LogP contribution in [0.15, 0.2) is 0 Å². The molecule has 2 N–H and O–H groups in total. The fraction of sp³-hybridized carbons (Fsp3) is 0.778. The minimum atomic E-state index is -0.969. The van der Waals surface area contributed by atoms with Crippen LogP contribution in [0.2, 0.25) is 0 Å². The Kier molecular flexibility index (Phi) is 8.65. The summed E-state index contributed by atoms with van der Waals surface area (Å²) in [5.41, 5.74) is -0.290. The molecule has 19 heavy (non-hydrogen) atoms. The monoisotopic (exact) mass is 654 g/mol. The maximum atomic E-state index is 11.6. The van der Waals surface area contributed by atoms with Crippen LogP contribution in [0.3, 0.4) is 0 Å². The molecule has 0 spiro atoms. The Labute approximate surface area is 162 Å². The first-order chi connectivity index (χ1) is 8.26. The molecule has 0 rings (SSSR count). The lowest BCUT2D eigenvalue weighted by Crippen LogP contribution is -2.46. The van der Waals surface area contributed by atoms with E-state index < -0.39 is 4.29 Å². The molecule has 0 aromatic rings. The first-order valence-electron chi connectivity index (χ1n) is 4.96. The summed E-state index contributed by atoms with van der Waals surface area (Å²) in [6, 6.07) is 0. The zero-order valence-electron chi connectivity index (χ0n) is 10.00. The highest BCUT2D eigenvalue weighted by molar-refractivity contribution is 9.40. The third-order valence-electron chi connectivity index (χ3n) is 1.97. The van der Waals surface area contributed by atoms with Gasteiger partial charge < -0.3 is 10.6 Å². The molecule has 0 bridgehead atoms. The number of amides is 2. The lowest BCUT2D eigenvalue weighted by molar-refractivity contribution is -0.119. The van der Waals surface area contributed by atoms with Crippen LogP contribution in [0.4, 0.5) is 0 Å². The predicted molar refractivity (Wildman–Crippen MR) is 98.8 cm³/mol. The van der Waals surface area contributed by atoms with E-state index in [9.17, 15) is 9.59 Å². The van der Waals surface area contributed by atoms with Gasteiger partial charge in [-0.2, -0.15) is 0 Å². The molecule has 0 aliphatic heterocycles. The first kappa shape index (κ1) is 20.8. The molecule has 0 aliphatic rings. The summed E-state index contributed by atoms with van der Waals surface area (Å²) in [6.07, 6.45) is 0. The Morgan fingerprint density at radius 2 is 1.05 bits per heavy atom. The summed E-state index contributed by atoms with van der Waals surface area (Å²) in [5, 5.41) is 5.52. The van der Waals surface area contributed by atoms with Gasteiger partial charge >= 0.3 is 0 Å². The van der Waals surface area contributed by atoms with Gasteiger partial charge in [0.25, 0.3) is 11.8 Å². The molecule has 112 valence electrons. The molecule has 0 radical (unpaired) electrons. The normalized spacial score (nSPS) is 13.1. The SMILES string of the molecule is CC(C)(CNC(=O)C(Br)(Br)Br)CNC(=O)C(Br)(Br)Br. The summed E-state index contributed by atoms with van der Waals surface area (Å²) in [7, 11) is 0. The molecule has 0 saturated carbocycles. The van der Waals surface area contributed by atoms with Gasteiger partial charge in [-0.15, -0.1) is 0 Å². The summed E-state index contributed by atoms with van der Waals surface area (Å²) in [4.78, 5) is 23.3. The highest BCUT2D eigenvalue weighted by Crippen LogP contribution is 2.34. The van der Waals surface area contributed by atoms with Crippen LogP contribution in [0, 0.1) is 5.41 Å². The molecule has 0 heterocycles. The minimum Gasteiger partial charge on any atom is -0.353 e. The second kappa shape index (κ2) is 7.89. The Balaban J connectivity index is 4.28. The van der Waals surface area contributed by atoms with Gasteiger partial charge in [0.15, 0.2) is 0 Å². The number of rotatable bonds is 4. The molecule has 0 atom stereocenters. The molecule has 2 amide bonds. The molecule has 10 heteroatoms. The zero-order valence-corrected chi connectivity index (χ0v) is 19.5. The average molecular weight is 660 g/mol. The van der Waals surface area contributed by atoms with Crippen LogP contribution in [0.5, 0.6) is 0 Å². The van der Waals surface area contributed by atoms with Crippen molar-refractivity contribution in [3.63, 3.8) is 0 Å². The van der Waals surface area contributed by atoms with Crippen LogP contribution >= 0.6 is 95.6 Å². The molecule has 0 saturated heterocycles. The van der Waals surface area contributed by atoms with Crippen molar-refractivity contribution in [3.05, 3.63) is 0 Å². The fourth-order valence-corrected chi connectivity index (χ4v) is 1.74. The maximum absolute atomic E-state index is 11.6. The number of nitrogens with one attached hydrogen (secondary N) is 2. The second-order valence-corrected chi connectivity index (χ2v) is 18.0. The molecular formula is C9H12Br6N2O2. The second-order valence-electron chi connectivity index (χ2n) is 4.53. The van der Waals surface area contributed by atoms with E-state index in [1.807, 2.05) is 13.8 Å². The van der Waals surface area contributed by atoms with Gasteiger partial charge in [-0.3, -0.25) is 9.59 Å². The Morgan fingerprint density at radius 1 is 0.789 bits per heavy atom. The summed E-state index contributed by atoms with van der Waals surface area (Å²) in [5.74, 6) is -0.495. The van der Waals surface area contributed by atoms with Crippen molar-refractivity contribution in [2.45, 2.75) is 18.1 Å². The summed E-state index contributed by atoms with van der Waals surface area (Å²) in [6.45, 7) is 4.70. The fourth-order valence-electron chi connectivity index (χ4n) is 0.902. The quantitative estimate of drug-likeness (QED) is 0.450. The Bertz CT molecular complexity index is 316. The van der Waals surface area contributed by atoms with Crippen LogP contribution < -0.4 is 10.6 Å². The van der Waals surface area contributed by atoms with Crippen molar-refractivity contribution < 1.29 is 9.59 Å². The van der Waals surface area contributed by atoms with Crippen molar-refractivity contribution in [2.75, 3.05) is 13.1 Å². The lowest BCUT2D eigenvalue weighted by Gasteiger charge is -2.27. The average Bonchev–Trinajstić information content (AvgIpc) is 2.20. The van der Waals surface area contributed by atoms with Gasteiger partial charge in [0.05, 0.1) is 0 Å². The molecule has 4 nitrogen and oxygen atoms in total. The Morgan fingerprint density at radius 3 is 1.26 bits per heavy atom. The van der Waals surface area contributed by atoms with Crippen molar-refractivity contribution in [2.24, 2.45) is 5.41 Å². The molecule has 0 aromatic carbocycles. The van der Waals surface area contributed by atoms with Gasteiger partial charge in [-0.05, 0) is 101 Å². The van der Waals surface area contributed by atoms with Gasteiger partial charge in [0.2, 0.25) is 4.29 Å². The summed E-state index contributed by atoms with van der Waals surface area (Å²) >= 11 is 18.8.